The predicted octanol–water partition coefficient (Wildman–Crippen LogP) is 1.53. The average Bonchev–Trinajstić information content (AvgIpc) is 2.40. The van der Waals surface area contributed by atoms with Gasteiger partial charge in [-0.3, -0.25) is 4.79 Å². The van der Waals surface area contributed by atoms with E-state index in [1.807, 2.05) is 4.90 Å². The first-order valence-electron chi connectivity index (χ1n) is 7.32. The quantitative estimate of drug-likeness (QED) is 0.831. The largest absolute Gasteiger partial charge is 0.373 e. The van der Waals surface area contributed by atoms with Crippen molar-refractivity contribution >= 4 is 5.91 Å². The van der Waals surface area contributed by atoms with Crippen molar-refractivity contribution in [3.05, 3.63) is 0 Å². The summed E-state index contributed by atoms with van der Waals surface area (Å²) in [6, 6.07) is 0.198. The molecular formula is C14H26N2O2. The van der Waals surface area contributed by atoms with Crippen molar-refractivity contribution in [1.82, 2.24) is 4.90 Å². The fourth-order valence-corrected chi connectivity index (χ4v) is 3.06. The molecule has 1 heterocycles. The molecule has 1 aliphatic carbocycles. The Labute approximate surface area is 110 Å². The number of amides is 1. The van der Waals surface area contributed by atoms with Crippen LogP contribution in [0.4, 0.5) is 0 Å². The van der Waals surface area contributed by atoms with Gasteiger partial charge >= 0.3 is 0 Å². The lowest BCUT2D eigenvalue weighted by atomic mass is 9.86. The van der Waals surface area contributed by atoms with Gasteiger partial charge in [-0.2, -0.15) is 0 Å². The van der Waals surface area contributed by atoms with Gasteiger partial charge in [-0.1, -0.05) is 19.3 Å². The van der Waals surface area contributed by atoms with Gasteiger partial charge in [0.15, 0.2) is 0 Å². The molecule has 2 aliphatic rings. The molecule has 2 atom stereocenters. The maximum atomic E-state index is 12.4. The first-order chi connectivity index (χ1) is 8.70. The molecule has 2 unspecified atom stereocenters. The number of morpholine rings is 1. The zero-order chi connectivity index (χ0) is 13.0. The van der Waals surface area contributed by atoms with Crippen LogP contribution in [-0.4, -0.2) is 42.6 Å². The smallest absolute Gasteiger partial charge is 0.223 e. The summed E-state index contributed by atoms with van der Waals surface area (Å²) < 4.78 is 5.59. The minimum absolute atomic E-state index is 0.0245. The predicted molar refractivity (Wildman–Crippen MR) is 71.2 cm³/mol. The van der Waals surface area contributed by atoms with Crippen LogP contribution < -0.4 is 5.73 Å². The van der Waals surface area contributed by atoms with Crippen LogP contribution in [-0.2, 0) is 9.53 Å². The third-order valence-corrected chi connectivity index (χ3v) is 4.28. The Balaban J connectivity index is 1.85. The number of carbonyl (C=O) groups is 1. The fourth-order valence-electron chi connectivity index (χ4n) is 3.06. The van der Waals surface area contributed by atoms with Crippen LogP contribution in [0.3, 0.4) is 0 Å². The molecule has 1 aliphatic heterocycles. The maximum absolute atomic E-state index is 12.4. The molecule has 0 aromatic carbocycles. The lowest BCUT2D eigenvalue weighted by Gasteiger charge is -2.38. The van der Waals surface area contributed by atoms with Gasteiger partial charge in [0.2, 0.25) is 5.91 Å². The van der Waals surface area contributed by atoms with E-state index in [0.29, 0.717) is 31.5 Å². The maximum Gasteiger partial charge on any atom is 0.223 e. The molecule has 0 aromatic rings. The molecule has 0 aromatic heterocycles. The highest BCUT2D eigenvalue weighted by Crippen LogP contribution is 2.27. The molecule has 4 heteroatoms. The van der Waals surface area contributed by atoms with E-state index in [0.717, 1.165) is 6.42 Å². The van der Waals surface area contributed by atoms with Gasteiger partial charge in [-0.05, 0) is 25.7 Å². The van der Waals surface area contributed by atoms with E-state index in [1.165, 1.54) is 32.1 Å². The molecule has 2 rings (SSSR count). The molecule has 104 valence electrons. The summed E-state index contributed by atoms with van der Waals surface area (Å²) in [5, 5.41) is 0. The van der Waals surface area contributed by atoms with E-state index < -0.39 is 0 Å². The summed E-state index contributed by atoms with van der Waals surface area (Å²) in [6.07, 6.45) is 7.13. The van der Waals surface area contributed by atoms with Crippen molar-refractivity contribution in [2.45, 2.75) is 57.6 Å². The first kappa shape index (κ1) is 13.8. The van der Waals surface area contributed by atoms with Gasteiger partial charge in [0.1, 0.15) is 0 Å². The van der Waals surface area contributed by atoms with Gasteiger partial charge in [0.25, 0.3) is 0 Å². The number of carbonyl (C=O) groups excluding carboxylic acids is 1. The normalized spacial score (nSPS) is 30.4. The lowest BCUT2D eigenvalue weighted by Crippen LogP contribution is -2.53. The zero-order valence-electron chi connectivity index (χ0n) is 11.4. The SMILES string of the molecule is CC1COC(CN)CN1C(=O)CC1CCCCC1. The van der Waals surface area contributed by atoms with Crippen LogP contribution in [0.1, 0.15) is 45.4 Å². The highest BCUT2D eigenvalue weighted by Gasteiger charge is 2.30. The number of nitrogens with zero attached hydrogens (tertiary/aromatic N) is 1. The van der Waals surface area contributed by atoms with E-state index >= 15 is 0 Å². The summed E-state index contributed by atoms with van der Waals surface area (Å²) in [5.74, 6) is 0.911. The Morgan fingerprint density at radius 1 is 1.33 bits per heavy atom. The Morgan fingerprint density at radius 2 is 2.06 bits per heavy atom. The van der Waals surface area contributed by atoms with E-state index in [1.54, 1.807) is 0 Å². The average molecular weight is 254 g/mol. The standard InChI is InChI=1S/C14H26N2O2/c1-11-10-18-13(8-15)9-16(11)14(17)7-12-5-3-2-4-6-12/h11-13H,2-10,15H2,1H3. The number of ether oxygens (including phenoxy) is 1. The second-order valence-corrected chi connectivity index (χ2v) is 5.79. The van der Waals surface area contributed by atoms with Crippen LogP contribution in [0, 0.1) is 5.92 Å². The van der Waals surface area contributed by atoms with Gasteiger partial charge in [-0.25, -0.2) is 0 Å². The van der Waals surface area contributed by atoms with Gasteiger partial charge in [0, 0.05) is 19.5 Å². The van der Waals surface area contributed by atoms with Crippen molar-refractivity contribution in [3.63, 3.8) is 0 Å². The van der Waals surface area contributed by atoms with E-state index in [9.17, 15) is 4.79 Å². The molecular weight excluding hydrogens is 228 g/mol. The summed E-state index contributed by atoms with van der Waals surface area (Å²) in [6.45, 7) is 3.85. The highest BCUT2D eigenvalue weighted by molar-refractivity contribution is 5.77. The van der Waals surface area contributed by atoms with Crippen LogP contribution >= 0.6 is 0 Å². The van der Waals surface area contributed by atoms with Crippen molar-refractivity contribution in [1.29, 1.82) is 0 Å². The molecule has 4 nitrogen and oxygen atoms in total. The minimum atomic E-state index is 0.0245. The summed E-state index contributed by atoms with van der Waals surface area (Å²) in [5.41, 5.74) is 5.63. The minimum Gasteiger partial charge on any atom is -0.373 e. The third kappa shape index (κ3) is 3.45. The van der Waals surface area contributed by atoms with Crippen LogP contribution in [0.5, 0.6) is 0 Å². The van der Waals surface area contributed by atoms with Crippen molar-refractivity contribution < 1.29 is 9.53 Å². The Hall–Kier alpha value is -0.610. The summed E-state index contributed by atoms with van der Waals surface area (Å²) in [7, 11) is 0. The molecule has 0 spiro atoms. The molecule has 0 radical (unpaired) electrons. The van der Waals surface area contributed by atoms with Crippen LogP contribution in [0.2, 0.25) is 0 Å². The number of hydrogen-bond donors (Lipinski definition) is 1. The Kier molecular flexibility index (Phi) is 5.01. The second kappa shape index (κ2) is 6.53. The molecule has 18 heavy (non-hydrogen) atoms. The van der Waals surface area contributed by atoms with E-state index in [2.05, 4.69) is 6.92 Å². The topological polar surface area (TPSA) is 55.6 Å². The van der Waals surface area contributed by atoms with Crippen molar-refractivity contribution in [3.8, 4) is 0 Å². The molecule has 2 N–H and O–H groups in total. The zero-order valence-corrected chi connectivity index (χ0v) is 11.4. The van der Waals surface area contributed by atoms with Crippen molar-refractivity contribution in [2.24, 2.45) is 11.7 Å². The second-order valence-electron chi connectivity index (χ2n) is 5.79. The molecule has 1 saturated heterocycles. The third-order valence-electron chi connectivity index (χ3n) is 4.28. The first-order valence-corrected chi connectivity index (χ1v) is 7.32. The molecule has 2 fully saturated rings. The summed E-state index contributed by atoms with van der Waals surface area (Å²) >= 11 is 0. The number of nitrogens with two attached hydrogens (primary N) is 1. The number of hydrogen-bond acceptors (Lipinski definition) is 3. The monoisotopic (exact) mass is 254 g/mol. The van der Waals surface area contributed by atoms with Crippen LogP contribution in [0.25, 0.3) is 0 Å². The number of rotatable bonds is 3. The molecule has 0 bridgehead atoms. The van der Waals surface area contributed by atoms with E-state index in [4.69, 9.17) is 10.5 Å². The molecule has 1 saturated carbocycles. The van der Waals surface area contributed by atoms with Gasteiger partial charge < -0.3 is 15.4 Å². The van der Waals surface area contributed by atoms with Gasteiger partial charge in [0.05, 0.1) is 18.8 Å². The Morgan fingerprint density at radius 3 is 2.72 bits per heavy atom. The molecule has 1 amide bonds. The Bertz CT molecular complexity index is 277. The highest BCUT2D eigenvalue weighted by atomic mass is 16.5. The lowest BCUT2D eigenvalue weighted by molar-refractivity contribution is -0.144. The summed E-state index contributed by atoms with van der Waals surface area (Å²) in [4.78, 5) is 14.3. The van der Waals surface area contributed by atoms with Gasteiger partial charge in [-0.15, -0.1) is 0 Å². The fraction of sp³-hybridized carbons (Fsp3) is 0.929. The van der Waals surface area contributed by atoms with Crippen LogP contribution in [0.15, 0.2) is 0 Å². The van der Waals surface area contributed by atoms with Crippen molar-refractivity contribution in [2.75, 3.05) is 19.7 Å². The van der Waals surface area contributed by atoms with E-state index in [-0.39, 0.29) is 12.1 Å².